The zero-order valence-corrected chi connectivity index (χ0v) is 20.2. The van der Waals surface area contributed by atoms with Crippen LogP contribution in [0.5, 0.6) is 0 Å². The Morgan fingerprint density at radius 2 is 1.76 bits per heavy atom. The first-order valence-electron chi connectivity index (χ1n) is 11.8. The fourth-order valence-electron chi connectivity index (χ4n) is 4.48. The lowest BCUT2D eigenvalue weighted by atomic mass is 10.0. The van der Waals surface area contributed by atoms with Crippen LogP contribution in [0.15, 0.2) is 35.8 Å². The highest BCUT2D eigenvalue weighted by Crippen LogP contribution is 2.23. The molecule has 2 saturated heterocycles. The third-order valence-corrected chi connectivity index (χ3v) is 7.33. The van der Waals surface area contributed by atoms with E-state index in [0.717, 1.165) is 36.6 Å². The van der Waals surface area contributed by atoms with Gasteiger partial charge in [0.15, 0.2) is 0 Å². The predicted octanol–water partition coefficient (Wildman–Crippen LogP) is 3.38. The van der Waals surface area contributed by atoms with E-state index in [0.29, 0.717) is 44.4 Å². The molecule has 2 aliphatic rings. The van der Waals surface area contributed by atoms with Gasteiger partial charge >= 0.3 is 6.09 Å². The number of aromatic nitrogens is 1. The Balaban J connectivity index is 1.25. The summed E-state index contributed by atoms with van der Waals surface area (Å²) in [5.74, 6) is 0.0177. The quantitative estimate of drug-likeness (QED) is 0.696. The van der Waals surface area contributed by atoms with Crippen molar-refractivity contribution < 1.29 is 14.3 Å². The molecule has 1 N–H and O–H groups in total. The summed E-state index contributed by atoms with van der Waals surface area (Å²) in [7, 11) is 0. The van der Waals surface area contributed by atoms with Crippen molar-refractivity contribution in [1.82, 2.24) is 20.1 Å². The van der Waals surface area contributed by atoms with E-state index in [1.165, 1.54) is 0 Å². The fraction of sp³-hybridized carbons (Fsp3) is 0.542. The molecule has 0 aliphatic carbocycles. The van der Waals surface area contributed by atoms with Crippen LogP contribution in [0.1, 0.15) is 48.1 Å². The van der Waals surface area contributed by atoms with E-state index in [2.05, 4.69) is 22.1 Å². The minimum Gasteiger partial charge on any atom is -0.450 e. The Morgan fingerprint density at radius 3 is 2.36 bits per heavy atom. The lowest BCUT2D eigenvalue weighted by Crippen LogP contribution is -2.50. The van der Waals surface area contributed by atoms with E-state index in [1.54, 1.807) is 23.2 Å². The highest BCUT2D eigenvalue weighted by atomic mass is 32.1. The lowest BCUT2D eigenvalue weighted by molar-refractivity contribution is 0.0570. The fourth-order valence-corrected chi connectivity index (χ4v) is 5.14. The number of hydrogen-bond acceptors (Lipinski definition) is 7. The number of hydrogen-bond donors (Lipinski definition) is 1. The molecule has 0 spiro atoms. The van der Waals surface area contributed by atoms with Crippen molar-refractivity contribution in [2.24, 2.45) is 0 Å². The second kappa shape index (κ2) is 11.0. The molecule has 2 fully saturated rings. The van der Waals surface area contributed by atoms with E-state index in [1.807, 2.05) is 40.7 Å². The molecule has 2 amide bonds. The number of piperidine rings is 1. The van der Waals surface area contributed by atoms with Crippen LogP contribution in [-0.4, -0.2) is 78.7 Å². The molecule has 1 atom stereocenters. The van der Waals surface area contributed by atoms with Crippen molar-refractivity contribution in [3.63, 3.8) is 0 Å². The first-order valence-corrected chi connectivity index (χ1v) is 12.6. The van der Waals surface area contributed by atoms with Crippen molar-refractivity contribution in [2.45, 2.75) is 38.8 Å². The summed E-state index contributed by atoms with van der Waals surface area (Å²) in [5, 5.41) is 6.87. The number of benzene rings is 1. The summed E-state index contributed by atoms with van der Waals surface area (Å²) in [5.41, 5.74) is 1.85. The molecular formula is C24H33N5O3S. The SMILES string of the molecule is CCOC(=O)N1CCN(C(=O)c2ccc(N3CCC(NC(C)c4nccs4)CC3)cc2)CC1. The molecule has 0 saturated carbocycles. The summed E-state index contributed by atoms with van der Waals surface area (Å²) in [6, 6.07) is 8.72. The maximum Gasteiger partial charge on any atom is 0.409 e. The van der Waals surface area contributed by atoms with E-state index in [9.17, 15) is 9.59 Å². The predicted molar refractivity (Wildman–Crippen MR) is 130 cm³/mol. The molecule has 178 valence electrons. The topological polar surface area (TPSA) is 78.0 Å². The van der Waals surface area contributed by atoms with Gasteiger partial charge in [-0.25, -0.2) is 9.78 Å². The van der Waals surface area contributed by atoms with Gasteiger partial charge in [0.05, 0.1) is 12.6 Å². The molecule has 2 aliphatic heterocycles. The van der Waals surface area contributed by atoms with Crippen LogP contribution in [0.25, 0.3) is 0 Å². The normalized spacial score (nSPS) is 18.3. The van der Waals surface area contributed by atoms with Crippen LogP contribution in [0.2, 0.25) is 0 Å². The molecule has 9 heteroatoms. The lowest BCUT2D eigenvalue weighted by Gasteiger charge is -2.35. The Labute approximate surface area is 199 Å². The highest BCUT2D eigenvalue weighted by Gasteiger charge is 2.26. The smallest absolute Gasteiger partial charge is 0.409 e. The van der Waals surface area contributed by atoms with Gasteiger partial charge in [-0.15, -0.1) is 11.3 Å². The Kier molecular flexibility index (Phi) is 7.82. The molecular weight excluding hydrogens is 438 g/mol. The Bertz CT molecular complexity index is 905. The number of ether oxygens (including phenoxy) is 1. The number of thiazole rings is 1. The minimum atomic E-state index is -0.300. The van der Waals surface area contributed by atoms with Gasteiger partial charge in [0.25, 0.3) is 5.91 Å². The van der Waals surface area contributed by atoms with Crippen LogP contribution in [0.3, 0.4) is 0 Å². The molecule has 1 unspecified atom stereocenters. The van der Waals surface area contributed by atoms with E-state index < -0.39 is 0 Å². The van der Waals surface area contributed by atoms with E-state index in [4.69, 9.17) is 4.74 Å². The maximum atomic E-state index is 12.9. The zero-order valence-electron chi connectivity index (χ0n) is 19.4. The van der Waals surface area contributed by atoms with Crippen molar-refractivity contribution >= 4 is 29.0 Å². The molecule has 1 aromatic carbocycles. The summed E-state index contributed by atoms with van der Waals surface area (Å²) in [6.45, 7) is 8.39. The number of carbonyl (C=O) groups excluding carboxylic acids is 2. The monoisotopic (exact) mass is 471 g/mol. The first kappa shape index (κ1) is 23.5. The van der Waals surface area contributed by atoms with Crippen LogP contribution in [0.4, 0.5) is 10.5 Å². The molecule has 0 bridgehead atoms. The van der Waals surface area contributed by atoms with Gasteiger partial charge in [0.1, 0.15) is 5.01 Å². The second-order valence-corrected chi connectivity index (χ2v) is 9.47. The summed E-state index contributed by atoms with van der Waals surface area (Å²) >= 11 is 1.70. The van der Waals surface area contributed by atoms with E-state index in [-0.39, 0.29) is 18.0 Å². The van der Waals surface area contributed by atoms with Gasteiger partial charge in [0.2, 0.25) is 0 Å². The Hall–Kier alpha value is -2.65. The second-order valence-electron chi connectivity index (χ2n) is 8.55. The van der Waals surface area contributed by atoms with Gasteiger partial charge < -0.3 is 24.8 Å². The van der Waals surface area contributed by atoms with Gasteiger partial charge in [-0.3, -0.25) is 4.79 Å². The minimum absolute atomic E-state index is 0.0177. The van der Waals surface area contributed by atoms with Crippen LogP contribution in [0, 0.1) is 0 Å². The standard InChI is InChI=1S/C24H33N5O3S/c1-3-32-24(31)29-15-13-28(14-16-29)23(30)19-4-6-21(7-5-19)27-11-8-20(9-12-27)26-18(2)22-25-10-17-33-22/h4-7,10,17-18,20,26H,3,8-9,11-16H2,1-2H3. The van der Waals surface area contributed by atoms with Crippen molar-refractivity contribution in [3.8, 4) is 0 Å². The van der Waals surface area contributed by atoms with Gasteiger partial charge in [0, 0.05) is 68.1 Å². The first-order chi connectivity index (χ1) is 16.0. The third-order valence-electron chi connectivity index (χ3n) is 6.37. The number of nitrogens with zero attached hydrogens (tertiary/aromatic N) is 4. The van der Waals surface area contributed by atoms with E-state index >= 15 is 0 Å². The van der Waals surface area contributed by atoms with Gasteiger partial charge in [-0.2, -0.15) is 0 Å². The zero-order chi connectivity index (χ0) is 23.2. The molecule has 4 rings (SSSR count). The van der Waals surface area contributed by atoms with Crippen molar-refractivity contribution in [1.29, 1.82) is 0 Å². The number of carbonyl (C=O) groups is 2. The highest BCUT2D eigenvalue weighted by molar-refractivity contribution is 7.09. The average Bonchev–Trinajstić information content (AvgIpc) is 3.40. The van der Waals surface area contributed by atoms with Crippen molar-refractivity contribution in [2.75, 3.05) is 50.8 Å². The summed E-state index contributed by atoms with van der Waals surface area (Å²) < 4.78 is 5.05. The summed E-state index contributed by atoms with van der Waals surface area (Å²) in [4.78, 5) is 35.0. The molecule has 8 nitrogen and oxygen atoms in total. The number of anilines is 1. The molecule has 3 heterocycles. The molecule has 33 heavy (non-hydrogen) atoms. The van der Waals surface area contributed by atoms with Crippen LogP contribution in [-0.2, 0) is 4.74 Å². The van der Waals surface area contributed by atoms with Gasteiger partial charge in [-0.1, -0.05) is 0 Å². The molecule has 1 aromatic heterocycles. The Morgan fingerprint density at radius 1 is 1.09 bits per heavy atom. The number of piperazine rings is 1. The number of nitrogens with one attached hydrogen (secondary N) is 1. The number of rotatable bonds is 6. The van der Waals surface area contributed by atoms with Crippen LogP contribution < -0.4 is 10.2 Å². The van der Waals surface area contributed by atoms with Crippen LogP contribution >= 0.6 is 11.3 Å². The maximum absolute atomic E-state index is 12.9. The third kappa shape index (κ3) is 5.83. The number of amides is 2. The molecule has 2 aromatic rings. The molecule has 0 radical (unpaired) electrons. The average molecular weight is 472 g/mol. The largest absolute Gasteiger partial charge is 0.450 e. The summed E-state index contributed by atoms with van der Waals surface area (Å²) in [6.07, 6.45) is 3.73. The van der Waals surface area contributed by atoms with Gasteiger partial charge in [-0.05, 0) is 51.0 Å². The van der Waals surface area contributed by atoms with Crippen molar-refractivity contribution in [3.05, 3.63) is 46.4 Å².